The highest BCUT2D eigenvalue weighted by Crippen LogP contribution is 2.66. The molecule has 0 nitrogen and oxygen atoms in total. The van der Waals surface area contributed by atoms with Gasteiger partial charge in [-0.05, 0) is 11.6 Å². The maximum atomic E-state index is 3.65. The van der Waals surface area contributed by atoms with Crippen molar-refractivity contribution in [2.45, 2.75) is 8.61 Å². The van der Waals surface area contributed by atoms with Crippen LogP contribution in [0.15, 0.2) is 24.3 Å². The molecule has 0 aliphatic rings. The molecule has 0 atom stereocenters. The van der Waals surface area contributed by atoms with Crippen LogP contribution in [0.25, 0.3) is 0 Å². The molecule has 1 aromatic carbocycles. The van der Waals surface area contributed by atoms with Crippen LogP contribution in [0.3, 0.4) is 0 Å². The molecule has 0 fully saturated rings. The van der Waals surface area contributed by atoms with Crippen LogP contribution in [-0.4, -0.2) is 5.38 Å². The molecule has 0 aliphatic carbocycles. The molecular weight excluding hydrogens is 667 g/mol. The lowest BCUT2D eigenvalue weighted by molar-refractivity contribution is 0.836. The highest BCUT2D eigenvalue weighted by atomic mass is 80.0. The summed E-state index contributed by atoms with van der Waals surface area (Å²) in [5.41, 5.74) is 0.950. The molecule has 1 aromatic rings. The minimum Gasteiger partial charge on any atom is -0.0663 e. The van der Waals surface area contributed by atoms with Gasteiger partial charge in [-0.1, -0.05) is 136 Å². The van der Waals surface area contributed by atoms with E-state index in [9.17, 15) is 0 Å². The predicted octanol–water partition coefficient (Wildman–Crippen LogP) is 6.75. The van der Waals surface area contributed by atoms with E-state index in [1.807, 2.05) is 24.3 Å². The zero-order chi connectivity index (χ0) is 12.6. The Morgan fingerprint density at radius 1 is 0.875 bits per heavy atom. The maximum absolute atomic E-state index is 3.65. The summed E-state index contributed by atoms with van der Waals surface area (Å²) < 4.78 is -1.71. The van der Waals surface area contributed by atoms with Crippen molar-refractivity contribution >= 4 is 112 Å². The van der Waals surface area contributed by atoms with Gasteiger partial charge < -0.3 is 0 Å². The molecule has 7 heteroatoms. The van der Waals surface area contributed by atoms with Gasteiger partial charge in [0.15, 0.2) is 2.14 Å². The average Bonchev–Trinajstić information content (AvgIpc) is 2.17. The van der Waals surface area contributed by atoms with Gasteiger partial charge in [-0.2, -0.15) is 0 Å². The van der Waals surface area contributed by atoms with Gasteiger partial charge in [-0.25, -0.2) is 0 Å². The van der Waals surface area contributed by atoms with Gasteiger partial charge in [0.1, 0.15) is 6.47 Å². The summed E-state index contributed by atoms with van der Waals surface area (Å²) in [6.45, 7) is 0. The van der Waals surface area contributed by atoms with Crippen LogP contribution in [0.1, 0.15) is 5.56 Å². The number of alkyl halides is 7. The van der Waals surface area contributed by atoms with Crippen molar-refractivity contribution in [1.29, 1.82) is 0 Å². The van der Waals surface area contributed by atoms with Crippen LogP contribution < -0.4 is 0 Å². The van der Waals surface area contributed by atoms with Gasteiger partial charge in [0, 0.05) is 0 Å². The quantitative estimate of drug-likeness (QED) is 0.306. The Morgan fingerprint density at radius 2 is 1.44 bits per heavy atom. The first-order valence-corrected chi connectivity index (χ1v) is 9.45. The van der Waals surface area contributed by atoms with E-state index in [1.165, 1.54) is 0 Å². The second-order valence-corrected chi connectivity index (χ2v) is 16.6. The second kappa shape index (κ2) is 5.92. The van der Waals surface area contributed by atoms with Crippen LogP contribution in [0, 0.1) is 6.07 Å². The van der Waals surface area contributed by atoms with Crippen molar-refractivity contribution in [2.75, 3.05) is 0 Å². The normalized spacial score (nSPS) is 13.9. The number of rotatable bonds is 2. The standard InChI is InChI=1S/C9H4Br7/c10-7(11,6-4-2-1-3-5-6)8(12,13)9(14,15)16/h1-4H. The summed E-state index contributed by atoms with van der Waals surface area (Å²) in [4.78, 5) is 0. The van der Waals surface area contributed by atoms with E-state index in [4.69, 9.17) is 0 Å². The molecule has 16 heavy (non-hydrogen) atoms. The first-order valence-electron chi connectivity index (χ1n) is 3.90. The zero-order valence-corrected chi connectivity index (χ0v) is 18.6. The summed E-state index contributed by atoms with van der Waals surface area (Å²) >= 11 is 25.0. The van der Waals surface area contributed by atoms with Crippen LogP contribution in [0.2, 0.25) is 0 Å². The minimum absolute atomic E-state index is 0.559. The summed E-state index contributed by atoms with van der Waals surface area (Å²) in [7, 11) is 0. The third-order valence-electron chi connectivity index (χ3n) is 1.80. The van der Waals surface area contributed by atoms with Crippen molar-refractivity contribution in [2.24, 2.45) is 0 Å². The summed E-state index contributed by atoms with van der Waals surface area (Å²) in [6.07, 6.45) is 0. The van der Waals surface area contributed by atoms with E-state index in [1.54, 1.807) is 0 Å². The fourth-order valence-corrected chi connectivity index (χ4v) is 4.94. The number of halogens is 7. The Kier molecular flexibility index (Phi) is 6.15. The van der Waals surface area contributed by atoms with Crippen molar-refractivity contribution in [1.82, 2.24) is 0 Å². The van der Waals surface area contributed by atoms with Gasteiger partial charge in [0.2, 0.25) is 0 Å². The predicted molar refractivity (Wildman–Crippen MR) is 94.9 cm³/mol. The third-order valence-corrected chi connectivity index (χ3v) is 13.3. The van der Waals surface area contributed by atoms with Crippen molar-refractivity contribution in [3.05, 3.63) is 35.9 Å². The van der Waals surface area contributed by atoms with Crippen molar-refractivity contribution in [3.63, 3.8) is 0 Å². The van der Waals surface area contributed by atoms with Crippen LogP contribution in [0.5, 0.6) is 0 Å². The molecule has 0 saturated heterocycles. The fraction of sp³-hybridized carbons (Fsp3) is 0.333. The maximum Gasteiger partial charge on any atom is 0.162 e. The lowest BCUT2D eigenvalue weighted by Crippen LogP contribution is -2.42. The van der Waals surface area contributed by atoms with E-state index < -0.39 is 8.61 Å². The number of benzene rings is 1. The molecule has 1 radical (unpaired) electrons. The van der Waals surface area contributed by atoms with Crippen LogP contribution in [-0.2, 0) is 3.23 Å². The van der Waals surface area contributed by atoms with E-state index >= 15 is 0 Å². The Morgan fingerprint density at radius 3 is 1.81 bits per heavy atom. The Balaban J connectivity index is 3.22. The van der Waals surface area contributed by atoms with Gasteiger partial charge in [0.05, 0.1) is 0 Å². The van der Waals surface area contributed by atoms with Crippen LogP contribution >= 0.6 is 112 Å². The van der Waals surface area contributed by atoms with E-state index in [0.717, 1.165) is 5.56 Å². The third kappa shape index (κ3) is 3.37. The molecule has 0 unspecified atom stereocenters. The monoisotopic (exact) mass is 664 g/mol. The number of hydrogen-bond donors (Lipinski definition) is 0. The lowest BCUT2D eigenvalue weighted by atomic mass is 10.1. The first kappa shape index (κ1) is 16.6. The SMILES string of the molecule is BrC(Br)(Br)C(Br)(Br)C(Br)(Br)c1[c]cccc1. The Hall–Kier alpha value is 2.58. The smallest absolute Gasteiger partial charge is 0.0663 e. The number of hydrogen-bond acceptors (Lipinski definition) is 0. The van der Waals surface area contributed by atoms with E-state index in [2.05, 4.69) is 118 Å². The highest BCUT2D eigenvalue weighted by Gasteiger charge is 2.57. The summed E-state index contributed by atoms with van der Waals surface area (Å²) in [6, 6.07) is 10.9. The molecule has 0 spiro atoms. The molecule has 0 aromatic heterocycles. The lowest BCUT2D eigenvalue weighted by Gasteiger charge is -2.40. The van der Waals surface area contributed by atoms with Gasteiger partial charge in [-0.3, -0.25) is 0 Å². The molecule has 0 aliphatic heterocycles. The topological polar surface area (TPSA) is 0 Å². The molecule has 1 rings (SSSR count). The molecule has 0 heterocycles. The molecular formula is C9H4Br7. The minimum atomic E-state index is -0.585. The molecule has 89 valence electrons. The molecule has 0 saturated carbocycles. The van der Waals surface area contributed by atoms with Gasteiger partial charge in [0.25, 0.3) is 0 Å². The van der Waals surface area contributed by atoms with Crippen LogP contribution in [0.4, 0.5) is 0 Å². The molecule has 0 bridgehead atoms. The first-order chi connectivity index (χ1) is 7.11. The fourth-order valence-electron chi connectivity index (χ4n) is 0.936. The van der Waals surface area contributed by atoms with Crippen molar-refractivity contribution in [3.8, 4) is 0 Å². The highest BCUT2D eigenvalue weighted by molar-refractivity contribution is 9.42. The second-order valence-electron chi connectivity index (χ2n) is 2.92. The van der Waals surface area contributed by atoms with Gasteiger partial charge >= 0.3 is 0 Å². The summed E-state index contributed by atoms with van der Waals surface area (Å²) in [5, 5.41) is 0. The summed E-state index contributed by atoms with van der Waals surface area (Å²) in [5.74, 6) is 0. The molecule has 0 N–H and O–H groups in total. The Bertz CT molecular complexity index is 352. The van der Waals surface area contributed by atoms with Crippen molar-refractivity contribution < 1.29 is 0 Å². The largest absolute Gasteiger partial charge is 0.162 e. The average molecular weight is 671 g/mol. The van der Waals surface area contributed by atoms with Gasteiger partial charge in [-0.15, -0.1) is 0 Å². The zero-order valence-electron chi connectivity index (χ0n) is 7.46. The molecule has 0 amide bonds. The Labute approximate surface area is 154 Å². The van der Waals surface area contributed by atoms with E-state index in [0.29, 0.717) is 0 Å². The van der Waals surface area contributed by atoms with E-state index in [-0.39, 0.29) is 0 Å².